The highest BCUT2D eigenvalue weighted by Gasteiger charge is 2.27. The van der Waals surface area contributed by atoms with Gasteiger partial charge in [-0.05, 0) is 43.4 Å². The molecule has 1 aromatic carbocycles. The number of rotatable bonds is 6. The first-order chi connectivity index (χ1) is 13.2. The van der Waals surface area contributed by atoms with Gasteiger partial charge >= 0.3 is 0 Å². The molecule has 3 aromatic rings. The fourth-order valence-electron chi connectivity index (χ4n) is 3.85. The highest BCUT2D eigenvalue weighted by atomic mass is 35.5. The summed E-state index contributed by atoms with van der Waals surface area (Å²) in [6, 6.07) is 7.98. The normalized spacial score (nSPS) is 19.9. The molecule has 2 unspecified atom stereocenters. The Morgan fingerprint density at radius 3 is 3.07 bits per heavy atom. The molecule has 0 amide bonds. The summed E-state index contributed by atoms with van der Waals surface area (Å²) in [5.41, 5.74) is 2.58. The van der Waals surface area contributed by atoms with E-state index in [1.54, 1.807) is 6.33 Å². The molecular formula is C20H22ClN5O. The Bertz CT molecular complexity index is 941. The largest absolute Gasteiger partial charge is 0.365 e. The smallest absolute Gasteiger partial charge is 0.182 e. The van der Waals surface area contributed by atoms with Crippen molar-refractivity contribution >= 4 is 34.4 Å². The first-order valence-electron chi connectivity index (χ1n) is 9.37. The fourth-order valence-corrected chi connectivity index (χ4v) is 4.06. The highest BCUT2D eigenvalue weighted by Crippen LogP contribution is 2.29. The van der Waals surface area contributed by atoms with Crippen molar-refractivity contribution in [3.05, 3.63) is 47.5 Å². The molecule has 140 valence electrons. The van der Waals surface area contributed by atoms with Crippen LogP contribution in [0.4, 0.5) is 5.82 Å². The average molecular weight is 384 g/mol. The molecule has 1 fully saturated rings. The molecule has 1 aliphatic carbocycles. The third-order valence-electron chi connectivity index (χ3n) is 5.24. The highest BCUT2D eigenvalue weighted by molar-refractivity contribution is 6.30. The number of fused-ring (bicyclic) bond motifs is 1. The number of hydrogen-bond donors (Lipinski definition) is 2. The molecule has 4 rings (SSSR count). The molecule has 0 saturated heterocycles. The minimum absolute atomic E-state index is 0.106. The number of aromatic amines is 1. The molecule has 2 aromatic heterocycles. The predicted octanol–water partition coefficient (Wildman–Crippen LogP) is 4.18. The molecule has 7 heteroatoms. The summed E-state index contributed by atoms with van der Waals surface area (Å²) in [6.07, 6.45) is 8.34. The van der Waals surface area contributed by atoms with E-state index in [1.165, 1.54) is 6.33 Å². The summed E-state index contributed by atoms with van der Waals surface area (Å²) < 4.78 is 0. The van der Waals surface area contributed by atoms with Gasteiger partial charge in [0.25, 0.3) is 0 Å². The van der Waals surface area contributed by atoms with Crippen LogP contribution in [0.15, 0.2) is 36.9 Å². The zero-order valence-electron chi connectivity index (χ0n) is 15.0. The zero-order chi connectivity index (χ0) is 18.6. The third kappa shape index (κ3) is 4.27. The molecule has 0 radical (unpaired) electrons. The van der Waals surface area contributed by atoms with Gasteiger partial charge in [-0.2, -0.15) is 0 Å². The Labute approximate surface area is 162 Å². The average Bonchev–Trinajstić information content (AvgIpc) is 3.16. The Kier molecular flexibility index (Phi) is 5.34. The Hall–Kier alpha value is -2.47. The summed E-state index contributed by atoms with van der Waals surface area (Å²) in [4.78, 5) is 28.4. The maximum Gasteiger partial charge on any atom is 0.182 e. The van der Waals surface area contributed by atoms with E-state index >= 15 is 0 Å². The molecule has 1 saturated carbocycles. The number of ketones is 1. The maximum absolute atomic E-state index is 12.7. The van der Waals surface area contributed by atoms with Crippen molar-refractivity contribution < 1.29 is 4.79 Å². The van der Waals surface area contributed by atoms with E-state index in [0.29, 0.717) is 17.9 Å². The van der Waals surface area contributed by atoms with Crippen LogP contribution in [0.25, 0.3) is 11.2 Å². The minimum Gasteiger partial charge on any atom is -0.365 e. The minimum atomic E-state index is 0.106. The number of hydrogen-bond acceptors (Lipinski definition) is 5. The van der Waals surface area contributed by atoms with Crippen LogP contribution < -0.4 is 5.32 Å². The second-order valence-electron chi connectivity index (χ2n) is 7.12. The van der Waals surface area contributed by atoms with E-state index in [4.69, 9.17) is 11.6 Å². The molecule has 27 heavy (non-hydrogen) atoms. The quantitative estimate of drug-likeness (QED) is 0.667. The van der Waals surface area contributed by atoms with E-state index in [-0.39, 0.29) is 12.0 Å². The monoisotopic (exact) mass is 383 g/mol. The lowest BCUT2D eigenvalue weighted by molar-refractivity contribution is -0.123. The number of aryl methyl sites for hydroxylation is 1. The van der Waals surface area contributed by atoms with Gasteiger partial charge in [-0.25, -0.2) is 15.0 Å². The standard InChI is InChI=1S/C20H22ClN5O/c21-15-5-1-3-13(9-15)7-8-17(27)14-4-2-6-16(10-14)26-20-18-19(23-11-22-18)24-12-25-20/h1,3,5,9,11-12,14,16H,2,4,6-8,10H2,(H2,22,23,24,25,26). The van der Waals surface area contributed by atoms with Crippen molar-refractivity contribution in [3.8, 4) is 0 Å². The van der Waals surface area contributed by atoms with Crippen LogP contribution in [0, 0.1) is 5.92 Å². The molecular weight excluding hydrogens is 362 g/mol. The summed E-state index contributed by atoms with van der Waals surface area (Å²) in [5.74, 6) is 1.21. The number of carbonyl (C=O) groups is 1. The molecule has 6 nitrogen and oxygen atoms in total. The number of halogens is 1. The van der Waals surface area contributed by atoms with Gasteiger partial charge in [0, 0.05) is 23.4 Å². The maximum atomic E-state index is 12.7. The predicted molar refractivity (Wildman–Crippen MR) is 106 cm³/mol. The van der Waals surface area contributed by atoms with Crippen molar-refractivity contribution in [2.24, 2.45) is 5.92 Å². The first-order valence-corrected chi connectivity index (χ1v) is 9.74. The number of Topliss-reactive ketones (excluding diaryl/α,β-unsaturated/α-hetero) is 1. The molecule has 2 N–H and O–H groups in total. The number of nitrogens with one attached hydrogen (secondary N) is 2. The van der Waals surface area contributed by atoms with Gasteiger partial charge in [-0.3, -0.25) is 4.79 Å². The molecule has 0 spiro atoms. The molecule has 1 aliphatic rings. The Balaban J connectivity index is 1.36. The summed E-state index contributed by atoms with van der Waals surface area (Å²) in [5, 5.41) is 4.20. The second-order valence-corrected chi connectivity index (χ2v) is 7.56. The van der Waals surface area contributed by atoms with Gasteiger partial charge < -0.3 is 10.3 Å². The van der Waals surface area contributed by atoms with Crippen LogP contribution in [-0.4, -0.2) is 31.8 Å². The topological polar surface area (TPSA) is 83.6 Å². The van der Waals surface area contributed by atoms with E-state index in [1.807, 2.05) is 24.3 Å². The van der Waals surface area contributed by atoms with Crippen LogP contribution in [0.2, 0.25) is 5.02 Å². The van der Waals surface area contributed by atoms with Crippen molar-refractivity contribution in [1.29, 1.82) is 0 Å². The van der Waals surface area contributed by atoms with Gasteiger partial charge in [0.15, 0.2) is 11.5 Å². The number of aromatic nitrogens is 4. The second kappa shape index (κ2) is 8.05. The van der Waals surface area contributed by atoms with Crippen molar-refractivity contribution in [3.63, 3.8) is 0 Å². The number of anilines is 1. The number of imidazole rings is 1. The summed E-state index contributed by atoms with van der Waals surface area (Å²) >= 11 is 6.03. The molecule has 0 bridgehead atoms. The van der Waals surface area contributed by atoms with Gasteiger partial charge in [0.2, 0.25) is 0 Å². The lowest BCUT2D eigenvalue weighted by atomic mass is 9.81. The number of H-pyrrole nitrogens is 1. The van der Waals surface area contributed by atoms with Crippen LogP contribution in [-0.2, 0) is 11.2 Å². The van der Waals surface area contributed by atoms with Crippen molar-refractivity contribution in [2.45, 2.75) is 44.6 Å². The van der Waals surface area contributed by atoms with E-state index in [2.05, 4.69) is 25.3 Å². The molecule has 2 atom stereocenters. The van der Waals surface area contributed by atoms with Gasteiger partial charge in [-0.1, -0.05) is 30.2 Å². The number of benzene rings is 1. The van der Waals surface area contributed by atoms with Crippen LogP contribution in [0.1, 0.15) is 37.7 Å². The van der Waals surface area contributed by atoms with Crippen LogP contribution in [0.3, 0.4) is 0 Å². The lowest BCUT2D eigenvalue weighted by Gasteiger charge is -2.29. The van der Waals surface area contributed by atoms with E-state index in [0.717, 1.165) is 54.0 Å². The van der Waals surface area contributed by atoms with Crippen molar-refractivity contribution in [2.75, 3.05) is 5.32 Å². The summed E-state index contributed by atoms with van der Waals surface area (Å²) in [7, 11) is 0. The molecule has 0 aliphatic heterocycles. The van der Waals surface area contributed by atoms with Gasteiger partial charge in [0.05, 0.1) is 6.33 Å². The number of carbonyl (C=O) groups excluding carboxylic acids is 1. The number of nitrogens with zero attached hydrogens (tertiary/aromatic N) is 3. The SMILES string of the molecule is O=C(CCc1cccc(Cl)c1)C1CCCC(Nc2ncnc3nc[nH]c23)C1. The Morgan fingerprint density at radius 2 is 2.19 bits per heavy atom. The van der Waals surface area contributed by atoms with Gasteiger partial charge in [-0.15, -0.1) is 0 Å². The Morgan fingerprint density at radius 1 is 1.26 bits per heavy atom. The van der Waals surface area contributed by atoms with E-state index in [9.17, 15) is 4.79 Å². The molecule has 2 heterocycles. The third-order valence-corrected chi connectivity index (χ3v) is 5.48. The lowest BCUT2D eigenvalue weighted by Crippen LogP contribution is -2.31. The van der Waals surface area contributed by atoms with Gasteiger partial charge in [0.1, 0.15) is 17.6 Å². The van der Waals surface area contributed by atoms with Crippen molar-refractivity contribution in [1.82, 2.24) is 19.9 Å². The summed E-state index contributed by atoms with van der Waals surface area (Å²) in [6.45, 7) is 0. The first kappa shape index (κ1) is 17.9. The fraction of sp³-hybridized carbons (Fsp3) is 0.400. The zero-order valence-corrected chi connectivity index (χ0v) is 15.7. The van der Waals surface area contributed by atoms with Crippen LogP contribution in [0.5, 0.6) is 0 Å². The van der Waals surface area contributed by atoms with E-state index < -0.39 is 0 Å². The van der Waals surface area contributed by atoms with Crippen LogP contribution >= 0.6 is 11.6 Å².